The van der Waals surface area contributed by atoms with Crippen LogP contribution in [-0.2, 0) is 23.7 Å². The Kier molecular flexibility index (Phi) is 7.20. The zero-order valence-corrected chi connectivity index (χ0v) is 15.8. The number of carbonyl (C=O) groups is 1. The van der Waals surface area contributed by atoms with Crippen molar-refractivity contribution < 1.29 is 28.8 Å². The summed E-state index contributed by atoms with van der Waals surface area (Å²) >= 11 is 0. The van der Waals surface area contributed by atoms with Gasteiger partial charge >= 0.3 is 5.97 Å². The summed E-state index contributed by atoms with van der Waals surface area (Å²) in [5.74, 6) is 0.783. The van der Waals surface area contributed by atoms with E-state index in [1.807, 2.05) is 6.92 Å². The molecule has 0 aromatic heterocycles. The lowest BCUT2D eigenvalue weighted by atomic mass is 9.83. The summed E-state index contributed by atoms with van der Waals surface area (Å²) in [7, 11) is 0. The highest BCUT2D eigenvalue weighted by Gasteiger charge is 2.34. The lowest BCUT2D eigenvalue weighted by molar-refractivity contribution is -0.152. The number of aliphatic hydroxyl groups is 1. The Morgan fingerprint density at radius 1 is 1.08 bits per heavy atom. The molecule has 3 rings (SSSR count). The molecule has 2 unspecified atom stereocenters. The molecule has 6 heteroatoms. The summed E-state index contributed by atoms with van der Waals surface area (Å²) in [6.07, 6.45) is 6.61. The third-order valence-electron chi connectivity index (χ3n) is 5.92. The molecule has 2 atom stereocenters. The lowest BCUT2D eigenvalue weighted by Gasteiger charge is -2.28. The summed E-state index contributed by atoms with van der Waals surface area (Å²) in [6.45, 7) is 4.93. The van der Waals surface area contributed by atoms with E-state index in [9.17, 15) is 9.90 Å². The Morgan fingerprint density at radius 3 is 2.38 bits per heavy atom. The Labute approximate surface area is 155 Å². The van der Waals surface area contributed by atoms with Gasteiger partial charge in [0.05, 0.1) is 38.4 Å². The molecule has 1 saturated carbocycles. The van der Waals surface area contributed by atoms with Gasteiger partial charge in [0.2, 0.25) is 0 Å². The SMILES string of the molecule is CCC1OCCC1C(=O)OCC1CCC(CO/C(O)=C2\CCOC2)CC1. The molecule has 1 N–H and O–H groups in total. The summed E-state index contributed by atoms with van der Waals surface area (Å²) < 4.78 is 21.9. The Bertz CT molecular complexity index is 487. The van der Waals surface area contributed by atoms with Gasteiger partial charge in [0.1, 0.15) is 0 Å². The summed E-state index contributed by atoms with van der Waals surface area (Å²) in [5.41, 5.74) is 0.867. The summed E-state index contributed by atoms with van der Waals surface area (Å²) in [6, 6.07) is 0. The molecular weight excluding hydrogens is 336 g/mol. The summed E-state index contributed by atoms with van der Waals surface area (Å²) in [5, 5.41) is 9.93. The molecule has 0 spiro atoms. The molecule has 3 fully saturated rings. The van der Waals surface area contributed by atoms with E-state index >= 15 is 0 Å². The number of carbonyl (C=O) groups excluding carboxylic acids is 1. The van der Waals surface area contributed by atoms with Crippen LogP contribution in [0.4, 0.5) is 0 Å². The van der Waals surface area contributed by atoms with E-state index in [0.717, 1.165) is 50.5 Å². The van der Waals surface area contributed by atoms with Crippen LogP contribution < -0.4 is 0 Å². The van der Waals surface area contributed by atoms with Gasteiger partial charge in [-0.1, -0.05) is 6.92 Å². The predicted octanol–water partition coefficient (Wildman–Crippen LogP) is 3.36. The topological polar surface area (TPSA) is 74.2 Å². The van der Waals surface area contributed by atoms with Crippen LogP contribution in [0.25, 0.3) is 0 Å². The monoisotopic (exact) mass is 368 g/mol. The predicted molar refractivity (Wildman–Crippen MR) is 95.6 cm³/mol. The first kappa shape index (κ1) is 19.5. The van der Waals surface area contributed by atoms with Crippen LogP contribution >= 0.6 is 0 Å². The number of aliphatic hydroxyl groups excluding tert-OH is 1. The highest BCUT2D eigenvalue weighted by atomic mass is 16.6. The smallest absolute Gasteiger partial charge is 0.311 e. The van der Waals surface area contributed by atoms with Crippen LogP contribution in [-0.4, -0.2) is 50.2 Å². The van der Waals surface area contributed by atoms with Crippen molar-refractivity contribution in [1.82, 2.24) is 0 Å². The number of rotatable bonds is 7. The maximum atomic E-state index is 12.3. The van der Waals surface area contributed by atoms with Crippen LogP contribution in [0.5, 0.6) is 0 Å². The van der Waals surface area contributed by atoms with Gasteiger partial charge in [0, 0.05) is 18.6 Å². The van der Waals surface area contributed by atoms with Crippen molar-refractivity contribution in [2.45, 2.75) is 58.0 Å². The largest absolute Gasteiger partial charge is 0.481 e. The molecule has 0 amide bonds. The number of esters is 1. The van der Waals surface area contributed by atoms with Crippen LogP contribution in [0.1, 0.15) is 51.9 Å². The molecule has 0 aromatic rings. The molecule has 6 nitrogen and oxygen atoms in total. The summed E-state index contributed by atoms with van der Waals surface area (Å²) in [4.78, 5) is 12.3. The van der Waals surface area contributed by atoms with Gasteiger partial charge in [-0.2, -0.15) is 0 Å². The highest BCUT2D eigenvalue weighted by molar-refractivity contribution is 5.73. The van der Waals surface area contributed by atoms with E-state index in [-0.39, 0.29) is 23.9 Å². The van der Waals surface area contributed by atoms with Crippen molar-refractivity contribution in [3.63, 3.8) is 0 Å². The molecule has 2 heterocycles. The van der Waals surface area contributed by atoms with Crippen molar-refractivity contribution in [2.24, 2.45) is 17.8 Å². The second-order valence-corrected chi connectivity index (χ2v) is 7.75. The van der Waals surface area contributed by atoms with Crippen LogP contribution in [0, 0.1) is 17.8 Å². The minimum absolute atomic E-state index is 0.0300. The highest BCUT2D eigenvalue weighted by Crippen LogP contribution is 2.31. The third kappa shape index (κ3) is 5.13. The van der Waals surface area contributed by atoms with Crippen LogP contribution in [0.3, 0.4) is 0 Å². The molecule has 148 valence electrons. The quantitative estimate of drug-likeness (QED) is 0.549. The van der Waals surface area contributed by atoms with Crippen molar-refractivity contribution in [3.8, 4) is 0 Å². The van der Waals surface area contributed by atoms with Gasteiger partial charge in [0.15, 0.2) is 0 Å². The maximum Gasteiger partial charge on any atom is 0.311 e. The van der Waals surface area contributed by atoms with E-state index in [1.165, 1.54) is 0 Å². The zero-order valence-electron chi connectivity index (χ0n) is 15.8. The second kappa shape index (κ2) is 9.60. The van der Waals surface area contributed by atoms with E-state index in [1.54, 1.807) is 0 Å². The first-order valence-electron chi connectivity index (χ1n) is 10.1. The number of hydrogen-bond acceptors (Lipinski definition) is 6. The minimum Gasteiger partial charge on any atom is -0.481 e. The van der Waals surface area contributed by atoms with Gasteiger partial charge in [-0.25, -0.2) is 0 Å². The van der Waals surface area contributed by atoms with Gasteiger partial charge in [0.25, 0.3) is 5.95 Å². The Hall–Kier alpha value is -1.27. The fraction of sp³-hybridized carbons (Fsp3) is 0.850. The fourth-order valence-electron chi connectivity index (χ4n) is 4.12. The molecule has 0 radical (unpaired) electrons. The number of ether oxygens (including phenoxy) is 4. The van der Waals surface area contributed by atoms with Gasteiger partial charge in [-0.05, 0) is 50.4 Å². The molecule has 26 heavy (non-hydrogen) atoms. The molecule has 1 aliphatic carbocycles. The van der Waals surface area contributed by atoms with E-state index < -0.39 is 0 Å². The second-order valence-electron chi connectivity index (χ2n) is 7.75. The average molecular weight is 368 g/mol. The molecule has 3 aliphatic rings. The van der Waals surface area contributed by atoms with Crippen LogP contribution in [0.2, 0.25) is 0 Å². The van der Waals surface area contributed by atoms with Crippen LogP contribution in [0.15, 0.2) is 11.5 Å². The normalized spacial score (nSPS) is 33.9. The van der Waals surface area contributed by atoms with E-state index in [4.69, 9.17) is 18.9 Å². The molecule has 0 bridgehead atoms. The molecule has 2 saturated heterocycles. The fourth-order valence-corrected chi connectivity index (χ4v) is 4.12. The third-order valence-corrected chi connectivity index (χ3v) is 5.92. The zero-order chi connectivity index (χ0) is 18.4. The number of hydrogen-bond donors (Lipinski definition) is 1. The van der Waals surface area contributed by atoms with Crippen molar-refractivity contribution in [1.29, 1.82) is 0 Å². The molecule has 0 aromatic carbocycles. The van der Waals surface area contributed by atoms with Crippen molar-refractivity contribution in [3.05, 3.63) is 11.5 Å². The van der Waals surface area contributed by atoms with Gasteiger partial charge in [-0.15, -0.1) is 0 Å². The van der Waals surface area contributed by atoms with E-state index in [2.05, 4.69) is 0 Å². The van der Waals surface area contributed by atoms with Crippen molar-refractivity contribution >= 4 is 5.97 Å². The van der Waals surface area contributed by atoms with Crippen molar-refractivity contribution in [2.75, 3.05) is 33.0 Å². The Morgan fingerprint density at radius 2 is 1.77 bits per heavy atom. The lowest BCUT2D eigenvalue weighted by Crippen LogP contribution is -2.28. The first-order valence-corrected chi connectivity index (χ1v) is 10.1. The Balaban J connectivity index is 1.32. The molecular formula is C20H32O6. The van der Waals surface area contributed by atoms with Gasteiger partial charge < -0.3 is 24.1 Å². The van der Waals surface area contributed by atoms with Gasteiger partial charge in [-0.3, -0.25) is 4.79 Å². The van der Waals surface area contributed by atoms with E-state index in [0.29, 0.717) is 44.9 Å². The first-order chi connectivity index (χ1) is 12.7. The minimum atomic E-state index is -0.0878. The standard InChI is InChI=1S/C20H32O6/c1-2-18-17(8-10-24-18)20(22)26-12-15-5-3-14(4-6-15)11-25-19(21)16-7-9-23-13-16/h14-15,17-18,21H,2-13H2,1H3/b19-16+. The average Bonchev–Trinajstić information content (AvgIpc) is 3.36. The maximum absolute atomic E-state index is 12.3. The molecule has 2 aliphatic heterocycles.